The summed E-state index contributed by atoms with van der Waals surface area (Å²) < 4.78 is 9.86. The van der Waals surface area contributed by atoms with E-state index in [0.717, 1.165) is 25.7 Å². The Morgan fingerprint density at radius 2 is 0.900 bits per heavy atom. The van der Waals surface area contributed by atoms with E-state index in [0.29, 0.717) is 13.2 Å². The van der Waals surface area contributed by atoms with Crippen LogP contribution in [0, 0.1) is 0 Å². The Labute approximate surface area is 132 Å². The van der Waals surface area contributed by atoms with Crippen LogP contribution in [0.4, 0.5) is 0 Å². The Balaban J connectivity index is 3.06. The summed E-state index contributed by atoms with van der Waals surface area (Å²) in [4.78, 5) is 21.6. The van der Waals surface area contributed by atoms with Gasteiger partial charge in [0.1, 0.15) is 0 Å². The Bertz CT molecular complexity index is 234. The molecule has 0 aliphatic rings. The van der Waals surface area contributed by atoms with E-state index in [1.54, 1.807) is 0 Å². The summed E-state index contributed by atoms with van der Waals surface area (Å²) in [6.45, 7) is 1.02. The third-order valence-corrected chi connectivity index (χ3v) is 3.34. The van der Waals surface area contributed by atoms with Crippen LogP contribution >= 0.6 is 25.3 Å². The molecule has 6 heteroatoms. The van der Waals surface area contributed by atoms with Crippen molar-refractivity contribution in [3.05, 3.63) is 0 Å². The van der Waals surface area contributed by atoms with Gasteiger partial charge >= 0.3 is 11.9 Å². The van der Waals surface area contributed by atoms with Gasteiger partial charge in [0.25, 0.3) is 0 Å². The van der Waals surface area contributed by atoms with E-state index >= 15 is 0 Å². The van der Waals surface area contributed by atoms with Gasteiger partial charge in [-0.15, -0.1) is 0 Å². The van der Waals surface area contributed by atoms with E-state index in [1.165, 1.54) is 25.7 Å². The van der Waals surface area contributed by atoms with Crippen molar-refractivity contribution in [2.45, 2.75) is 51.4 Å². The van der Waals surface area contributed by atoms with Gasteiger partial charge in [0.15, 0.2) is 0 Å². The van der Waals surface area contributed by atoms with Gasteiger partial charge in [-0.05, 0) is 12.8 Å². The molecule has 0 unspecified atom stereocenters. The van der Waals surface area contributed by atoms with Gasteiger partial charge in [-0.1, -0.05) is 38.5 Å². The molecule has 0 aliphatic carbocycles. The average Bonchev–Trinajstić information content (AvgIpc) is 2.47. The molecule has 0 radical (unpaired) electrons. The van der Waals surface area contributed by atoms with E-state index in [2.05, 4.69) is 25.3 Å². The summed E-state index contributed by atoms with van der Waals surface area (Å²) >= 11 is 7.66. The summed E-state index contributed by atoms with van der Waals surface area (Å²) in [6, 6.07) is 0. The van der Waals surface area contributed by atoms with Gasteiger partial charge in [0.05, 0.1) is 24.7 Å². The molecule has 0 N–H and O–H groups in total. The quantitative estimate of drug-likeness (QED) is 0.311. The van der Waals surface area contributed by atoms with Crippen LogP contribution in [0.1, 0.15) is 51.4 Å². The van der Waals surface area contributed by atoms with Crippen LogP contribution in [0.3, 0.4) is 0 Å². The van der Waals surface area contributed by atoms with Crippen molar-refractivity contribution < 1.29 is 19.1 Å². The summed E-state index contributed by atoms with van der Waals surface area (Å²) in [7, 11) is 0. The van der Waals surface area contributed by atoms with Gasteiger partial charge < -0.3 is 9.47 Å². The predicted molar refractivity (Wildman–Crippen MR) is 86.6 cm³/mol. The van der Waals surface area contributed by atoms with Crippen LogP contribution < -0.4 is 0 Å². The average molecular weight is 322 g/mol. The van der Waals surface area contributed by atoms with Crippen molar-refractivity contribution in [1.82, 2.24) is 0 Å². The molecular weight excluding hydrogens is 296 g/mol. The highest BCUT2D eigenvalue weighted by Gasteiger charge is 1.99. The lowest BCUT2D eigenvalue weighted by molar-refractivity contribution is -0.141. The first kappa shape index (κ1) is 19.6. The van der Waals surface area contributed by atoms with Crippen LogP contribution in [-0.2, 0) is 19.1 Å². The fourth-order valence-electron chi connectivity index (χ4n) is 1.73. The van der Waals surface area contributed by atoms with Crippen LogP contribution in [0.15, 0.2) is 0 Å². The second-order valence-corrected chi connectivity index (χ2v) is 5.22. The first-order valence-electron chi connectivity index (χ1n) is 7.23. The van der Waals surface area contributed by atoms with Crippen molar-refractivity contribution in [2.75, 3.05) is 24.7 Å². The molecule has 4 nitrogen and oxygen atoms in total. The van der Waals surface area contributed by atoms with Gasteiger partial charge in [-0.25, -0.2) is 0 Å². The van der Waals surface area contributed by atoms with Crippen LogP contribution in [-0.4, -0.2) is 36.7 Å². The van der Waals surface area contributed by atoms with Crippen molar-refractivity contribution >= 4 is 37.2 Å². The molecule has 0 aromatic heterocycles. The van der Waals surface area contributed by atoms with E-state index in [9.17, 15) is 9.59 Å². The van der Waals surface area contributed by atoms with Gasteiger partial charge in [0, 0.05) is 0 Å². The molecule has 118 valence electrons. The lowest BCUT2D eigenvalue weighted by Crippen LogP contribution is -2.06. The second-order valence-electron chi connectivity index (χ2n) is 4.59. The lowest BCUT2D eigenvalue weighted by Gasteiger charge is -2.04. The largest absolute Gasteiger partial charge is 0.465 e. The van der Waals surface area contributed by atoms with Crippen molar-refractivity contribution in [3.8, 4) is 0 Å². The van der Waals surface area contributed by atoms with E-state index in [4.69, 9.17) is 9.47 Å². The number of unbranched alkanes of at least 4 members (excludes halogenated alkanes) is 7. The number of carbonyl (C=O) groups is 2. The fraction of sp³-hybridized carbons (Fsp3) is 0.857. The van der Waals surface area contributed by atoms with Crippen LogP contribution in [0.2, 0.25) is 0 Å². The molecule has 0 spiro atoms. The Morgan fingerprint density at radius 3 is 1.20 bits per heavy atom. The number of hydrogen-bond acceptors (Lipinski definition) is 6. The highest BCUT2D eigenvalue weighted by molar-refractivity contribution is 7.81. The molecular formula is C14H26O4S2. The highest BCUT2D eigenvalue weighted by atomic mass is 32.1. The first-order chi connectivity index (χ1) is 9.70. The Morgan fingerprint density at radius 1 is 0.600 bits per heavy atom. The molecule has 0 aromatic rings. The number of esters is 2. The van der Waals surface area contributed by atoms with Crippen molar-refractivity contribution in [3.63, 3.8) is 0 Å². The number of carbonyl (C=O) groups excluding carboxylic acids is 2. The zero-order valence-electron chi connectivity index (χ0n) is 12.0. The Kier molecular flexibility index (Phi) is 14.8. The number of rotatable bonds is 13. The molecule has 0 saturated heterocycles. The summed E-state index contributed by atoms with van der Waals surface area (Å²) in [5.41, 5.74) is 0. The van der Waals surface area contributed by atoms with Crippen molar-refractivity contribution in [2.24, 2.45) is 0 Å². The minimum atomic E-state index is -0.244. The number of hydrogen-bond donors (Lipinski definition) is 2. The SMILES string of the molecule is O=C(CS)OCCCCCCCCCCOC(=O)CS. The maximum Gasteiger partial charge on any atom is 0.315 e. The molecule has 0 amide bonds. The molecule has 20 heavy (non-hydrogen) atoms. The van der Waals surface area contributed by atoms with Crippen LogP contribution in [0.5, 0.6) is 0 Å². The molecule has 0 bridgehead atoms. The number of ether oxygens (including phenoxy) is 2. The summed E-state index contributed by atoms with van der Waals surface area (Å²) in [5, 5.41) is 0. The fourth-order valence-corrected chi connectivity index (χ4v) is 1.91. The molecule has 0 rings (SSSR count). The molecule has 0 fully saturated rings. The summed E-state index contributed by atoms with van der Waals surface area (Å²) in [5.74, 6) is -0.175. The van der Waals surface area contributed by atoms with E-state index in [1.807, 2.05) is 0 Å². The maximum absolute atomic E-state index is 10.8. The molecule has 0 heterocycles. The molecule has 0 atom stereocenters. The molecule has 0 saturated carbocycles. The van der Waals surface area contributed by atoms with Crippen LogP contribution in [0.25, 0.3) is 0 Å². The standard InChI is InChI=1S/C14H26O4S2/c15-13(11-19)17-9-7-5-3-1-2-4-6-8-10-18-14(16)12-20/h19-20H,1-12H2. The van der Waals surface area contributed by atoms with Crippen molar-refractivity contribution in [1.29, 1.82) is 0 Å². The monoisotopic (exact) mass is 322 g/mol. The zero-order valence-corrected chi connectivity index (χ0v) is 13.8. The smallest absolute Gasteiger partial charge is 0.315 e. The van der Waals surface area contributed by atoms with Gasteiger partial charge in [-0.3, -0.25) is 9.59 Å². The minimum Gasteiger partial charge on any atom is -0.465 e. The van der Waals surface area contributed by atoms with Gasteiger partial charge in [-0.2, -0.15) is 25.3 Å². The highest BCUT2D eigenvalue weighted by Crippen LogP contribution is 2.09. The molecule has 0 aromatic carbocycles. The third kappa shape index (κ3) is 14.1. The number of thiol groups is 2. The predicted octanol–water partition coefficient (Wildman–Crippen LogP) is 3.05. The second kappa shape index (κ2) is 15.0. The topological polar surface area (TPSA) is 52.6 Å². The minimum absolute atomic E-state index is 0.156. The zero-order chi connectivity index (χ0) is 15.1. The maximum atomic E-state index is 10.8. The first-order valence-corrected chi connectivity index (χ1v) is 8.50. The lowest BCUT2D eigenvalue weighted by atomic mass is 10.1. The van der Waals surface area contributed by atoms with E-state index in [-0.39, 0.29) is 23.4 Å². The molecule has 0 aliphatic heterocycles. The third-order valence-electron chi connectivity index (χ3n) is 2.82. The van der Waals surface area contributed by atoms with Gasteiger partial charge in [0.2, 0.25) is 0 Å². The van der Waals surface area contributed by atoms with E-state index < -0.39 is 0 Å². The normalized spacial score (nSPS) is 10.3. The summed E-state index contributed by atoms with van der Waals surface area (Å²) in [6.07, 6.45) is 8.81. The Hall–Kier alpha value is -0.360.